The lowest BCUT2D eigenvalue weighted by atomic mass is 10.0. The van der Waals surface area contributed by atoms with E-state index >= 15 is 0 Å². The summed E-state index contributed by atoms with van der Waals surface area (Å²) in [4.78, 5) is 21.7. The summed E-state index contributed by atoms with van der Waals surface area (Å²) in [6, 6.07) is 20.2. The molecule has 2 aromatic carbocycles. The Kier molecular flexibility index (Phi) is 6.62. The normalized spacial score (nSPS) is 17.9. The molecule has 1 unspecified atom stereocenters. The quantitative estimate of drug-likeness (QED) is 0.482. The number of carbonyl (C=O) groups excluding carboxylic acids is 1. The van der Waals surface area contributed by atoms with E-state index in [-0.39, 0.29) is 5.91 Å². The molecule has 1 N–H and O–H groups in total. The number of pyridine rings is 1. The third kappa shape index (κ3) is 4.98. The minimum atomic E-state index is -0.0511. The van der Waals surface area contributed by atoms with Gasteiger partial charge in [-0.05, 0) is 49.4 Å². The Labute approximate surface area is 182 Å². The van der Waals surface area contributed by atoms with E-state index in [4.69, 9.17) is 11.6 Å². The number of piperazine rings is 1. The molecule has 1 aromatic heterocycles. The van der Waals surface area contributed by atoms with Gasteiger partial charge in [0, 0.05) is 49.7 Å². The van der Waals surface area contributed by atoms with E-state index in [1.807, 2.05) is 18.2 Å². The van der Waals surface area contributed by atoms with Crippen LogP contribution < -0.4 is 5.32 Å². The number of nitrogens with one attached hydrogen (secondary N) is 1. The lowest BCUT2D eigenvalue weighted by Crippen LogP contribution is -2.47. The Hall–Kier alpha value is -2.47. The number of amides is 1. The van der Waals surface area contributed by atoms with Gasteiger partial charge in [-0.2, -0.15) is 0 Å². The average Bonchev–Trinajstić information content (AvgIpc) is 2.77. The van der Waals surface area contributed by atoms with Crippen LogP contribution in [0.1, 0.15) is 28.4 Å². The first-order valence-electron chi connectivity index (χ1n) is 10.4. The summed E-state index contributed by atoms with van der Waals surface area (Å²) in [5.41, 5.74) is 2.80. The van der Waals surface area contributed by atoms with E-state index < -0.39 is 0 Å². The standard InChI is InChI=1S/C24H27ClN4O/c1-28-14-15-29(22(17-28)18-6-3-2-4-7-18)13-5-12-26-24(30)20-8-10-21-19(16-20)9-11-23(25)27-21/h2-4,6-11,16,22H,5,12-15,17H2,1H3,(H,26,30). The van der Waals surface area contributed by atoms with Gasteiger partial charge in [-0.1, -0.05) is 41.9 Å². The van der Waals surface area contributed by atoms with Crippen molar-refractivity contribution >= 4 is 28.4 Å². The van der Waals surface area contributed by atoms with Crippen LogP contribution >= 0.6 is 11.6 Å². The fourth-order valence-electron chi connectivity index (χ4n) is 4.04. The van der Waals surface area contributed by atoms with Crippen LogP contribution in [0.5, 0.6) is 0 Å². The van der Waals surface area contributed by atoms with Crippen LogP contribution in [0.2, 0.25) is 5.15 Å². The van der Waals surface area contributed by atoms with Crippen LogP contribution in [0, 0.1) is 0 Å². The molecule has 1 amide bonds. The summed E-state index contributed by atoms with van der Waals surface area (Å²) >= 11 is 5.93. The summed E-state index contributed by atoms with van der Waals surface area (Å²) in [5, 5.41) is 4.42. The predicted molar refractivity (Wildman–Crippen MR) is 122 cm³/mol. The second-order valence-electron chi connectivity index (χ2n) is 7.88. The molecule has 156 valence electrons. The lowest BCUT2D eigenvalue weighted by molar-refractivity contribution is 0.0866. The Morgan fingerprint density at radius 1 is 1.13 bits per heavy atom. The molecule has 6 heteroatoms. The highest BCUT2D eigenvalue weighted by molar-refractivity contribution is 6.29. The van der Waals surface area contributed by atoms with Gasteiger partial charge in [0.15, 0.2) is 0 Å². The number of rotatable bonds is 6. The molecule has 1 atom stereocenters. The number of aromatic nitrogens is 1. The van der Waals surface area contributed by atoms with Gasteiger partial charge in [0.05, 0.1) is 5.52 Å². The summed E-state index contributed by atoms with van der Waals surface area (Å²) in [5.74, 6) is -0.0511. The van der Waals surface area contributed by atoms with E-state index in [0.29, 0.717) is 23.3 Å². The second-order valence-corrected chi connectivity index (χ2v) is 8.26. The number of fused-ring (bicyclic) bond motifs is 1. The van der Waals surface area contributed by atoms with Gasteiger partial charge in [0.25, 0.3) is 5.91 Å². The molecule has 0 bridgehead atoms. The fraction of sp³-hybridized carbons (Fsp3) is 0.333. The minimum Gasteiger partial charge on any atom is -0.352 e. The highest BCUT2D eigenvalue weighted by Gasteiger charge is 2.25. The monoisotopic (exact) mass is 422 g/mol. The van der Waals surface area contributed by atoms with Crippen molar-refractivity contribution < 1.29 is 4.79 Å². The van der Waals surface area contributed by atoms with Crippen LogP contribution in [-0.2, 0) is 0 Å². The highest BCUT2D eigenvalue weighted by atomic mass is 35.5. The van der Waals surface area contributed by atoms with Crippen molar-refractivity contribution in [3.8, 4) is 0 Å². The number of nitrogens with zero attached hydrogens (tertiary/aromatic N) is 3. The predicted octanol–water partition coefficient (Wildman–Crippen LogP) is 4.00. The van der Waals surface area contributed by atoms with Crippen molar-refractivity contribution in [2.45, 2.75) is 12.5 Å². The molecule has 1 aliphatic heterocycles. The van der Waals surface area contributed by atoms with E-state index in [9.17, 15) is 4.79 Å². The SMILES string of the molecule is CN1CCN(CCCNC(=O)c2ccc3nc(Cl)ccc3c2)C(c2ccccc2)C1. The number of carbonyl (C=O) groups is 1. The van der Waals surface area contributed by atoms with Crippen LogP contribution in [0.25, 0.3) is 10.9 Å². The lowest BCUT2D eigenvalue weighted by Gasteiger charge is -2.40. The molecule has 3 aromatic rings. The van der Waals surface area contributed by atoms with Gasteiger partial charge in [0.1, 0.15) is 5.15 Å². The highest BCUT2D eigenvalue weighted by Crippen LogP contribution is 2.24. The van der Waals surface area contributed by atoms with E-state index in [1.54, 1.807) is 12.1 Å². The van der Waals surface area contributed by atoms with E-state index in [2.05, 4.69) is 57.5 Å². The van der Waals surface area contributed by atoms with Crippen molar-refractivity contribution in [1.82, 2.24) is 20.1 Å². The second kappa shape index (κ2) is 9.56. The third-order valence-electron chi connectivity index (χ3n) is 5.70. The third-order valence-corrected chi connectivity index (χ3v) is 5.91. The maximum atomic E-state index is 12.6. The first-order valence-corrected chi connectivity index (χ1v) is 10.8. The number of benzene rings is 2. The Bertz CT molecular complexity index is 1010. The molecule has 0 radical (unpaired) electrons. The molecular weight excluding hydrogens is 396 g/mol. The molecule has 0 spiro atoms. The first kappa shape index (κ1) is 20.8. The number of halogens is 1. The maximum Gasteiger partial charge on any atom is 0.251 e. The van der Waals surface area contributed by atoms with Crippen molar-refractivity contribution in [2.75, 3.05) is 39.8 Å². The molecule has 4 rings (SSSR count). The van der Waals surface area contributed by atoms with Gasteiger partial charge in [0.2, 0.25) is 0 Å². The summed E-state index contributed by atoms with van der Waals surface area (Å²) in [6.07, 6.45) is 0.920. The molecule has 1 fully saturated rings. The number of hydrogen-bond acceptors (Lipinski definition) is 4. The molecule has 2 heterocycles. The number of hydrogen-bond donors (Lipinski definition) is 1. The zero-order chi connectivity index (χ0) is 20.9. The van der Waals surface area contributed by atoms with Gasteiger partial charge in [-0.25, -0.2) is 4.98 Å². The molecule has 0 aliphatic carbocycles. The molecule has 1 aliphatic rings. The van der Waals surface area contributed by atoms with Gasteiger partial charge < -0.3 is 10.2 Å². The molecule has 0 saturated carbocycles. The topological polar surface area (TPSA) is 48.5 Å². The zero-order valence-electron chi connectivity index (χ0n) is 17.2. The van der Waals surface area contributed by atoms with Gasteiger partial charge in [-0.15, -0.1) is 0 Å². The molecule has 30 heavy (non-hydrogen) atoms. The molecular formula is C24H27ClN4O. The summed E-state index contributed by atoms with van der Waals surface area (Å²) < 4.78 is 0. The first-order chi connectivity index (χ1) is 14.6. The summed E-state index contributed by atoms with van der Waals surface area (Å²) in [6.45, 7) is 4.78. The van der Waals surface area contributed by atoms with Crippen molar-refractivity contribution in [2.24, 2.45) is 0 Å². The Morgan fingerprint density at radius 2 is 1.97 bits per heavy atom. The van der Waals surface area contributed by atoms with Crippen LogP contribution in [-0.4, -0.2) is 60.5 Å². The van der Waals surface area contributed by atoms with Crippen LogP contribution in [0.3, 0.4) is 0 Å². The van der Waals surface area contributed by atoms with Gasteiger partial charge >= 0.3 is 0 Å². The maximum absolute atomic E-state index is 12.6. The van der Waals surface area contributed by atoms with Crippen molar-refractivity contribution in [3.63, 3.8) is 0 Å². The average molecular weight is 423 g/mol. The van der Waals surface area contributed by atoms with Gasteiger partial charge in [-0.3, -0.25) is 9.69 Å². The number of likely N-dealkylation sites (N-methyl/N-ethyl adjacent to an activating group) is 1. The Balaban J connectivity index is 1.31. The van der Waals surface area contributed by atoms with Crippen molar-refractivity contribution in [1.29, 1.82) is 0 Å². The van der Waals surface area contributed by atoms with Crippen molar-refractivity contribution in [3.05, 3.63) is 76.9 Å². The molecule has 1 saturated heterocycles. The smallest absolute Gasteiger partial charge is 0.251 e. The van der Waals surface area contributed by atoms with E-state index in [1.165, 1.54) is 5.56 Å². The largest absolute Gasteiger partial charge is 0.352 e. The Morgan fingerprint density at radius 3 is 2.80 bits per heavy atom. The minimum absolute atomic E-state index is 0.0511. The van der Waals surface area contributed by atoms with Crippen LogP contribution in [0.15, 0.2) is 60.7 Å². The fourth-order valence-corrected chi connectivity index (χ4v) is 4.20. The molecule has 5 nitrogen and oxygen atoms in total. The van der Waals surface area contributed by atoms with Crippen LogP contribution in [0.4, 0.5) is 0 Å². The van der Waals surface area contributed by atoms with E-state index in [0.717, 1.165) is 43.5 Å². The zero-order valence-corrected chi connectivity index (χ0v) is 18.0. The summed E-state index contributed by atoms with van der Waals surface area (Å²) in [7, 11) is 2.18.